The second kappa shape index (κ2) is 8.57. The molecule has 0 saturated heterocycles. The van der Waals surface area contributed by atoms with Gasteiger partial charge in [-0.1, -0.05) is 23.2 Å². The molecule has 0 amide bonds. The average molecular weight is 369 g/mol. The highest BCUT2D eigenvalue weighted by molar-refractivity contribution is 6.37. The maximum absolute atomic E-state index is 6.60. The number of rotatable bonds is 7. The van der Waals surface area contributed by atoms with Crippen LogP contribution in [0.2, 0.25) is 10.0 Å². The third-order valence-electron chi connectivity index (χ3n) is 3.11. The quantitative estimate of drug-likeness (QED) is 0.730. The first kappa shape index (κ1) is 19.8. The van der Waals surface area contributed by atoms with Gasteiger partial charge in [0.05, 0.1) is 10.0 Å². The van der Waals surface area contributed by atoms with E-state index in [4.69, 9.17) is 39.4 Å². The zero-order valence-electron chi connectivity index (χ0n) is 14.0. The van der Waals surface area contributed by atoms with E-state index in [0.717, 1.165) is 16.7 Å². The van der Waals surface area contributed by atoms with Crippen LogP contribution in [0, 0.1) is 0 Å². The maximum Gasteiger partial charge on any atom is 0.158 e. The Morgan fingerprint density at radius 3 is 1.27 bits per heavy atom. The molecule has 0 atom stereocenters. The highest BCUT2D eigenvalue weighted by Gasteiger charge is 2.24. The van der Waals surface area contributed by atoms with Crippen molar-refractivity contribution in [2.75, 3.05) is 42.3 Å². The number of halogens is 3. The summed E-state index contributed by atoms with van der Waals surface area (Å²) in [5, 5.41) is 1.23. The molecule has 1 aromatic carbocycles. The van der Waals surface area contributed by atoms with Crippen LogP contribution < -0.4 is 4.29 Å². The van der Waals surface area contributed by atoms with E-state index >= 15 is 0 Å². The van der Waals surface area contributed by atoms with E-state index in [2.05, 4.69) is 0 Å². The molecule has 0 N–H and O–H groups in total. The lowest BCUT2D eigenvalue weighted by molar-refractivity contribution is 0.380. The van der Waals surface area contributed by atoms with E-state index in [0.29, 0.717) is 35.4 Å². The second-order valence-corrected chi connectivity index (χ2v) is 7.09. The van der Waals surface area contributed by atoms with Crippen LogP contribution in [0.15, 0.2) is 0 Å². The fourth-order valence-corrected chi connectivity index (χ4v) is 3.14. The fraction of sp³-hybridized carbons (Fsp3) is 0.600. The summed E-state index contributed by atoms with van der Waals surface area (Å²) in [5.74, 6) is 0.557. The van der Waals surface area contributed by atoms with Crippen molar-refractivity contribution in [3.05, 3.63) is 26.7 Å². The third-order valence-corrected chi connectivity index (χ3v) is 4.17. The van der Waals surface area contributed by atoms with E-state index in [-0.39, 0.29) is 0 Å². The first-order chi connectivity index (χ1) is 10.2. The molecule has 126 valence electrons. The summed E-state index contributed by atoms with van der Waals surface area (Å²) >= 11 is 19.0. The van der Waals surface area contributed by atoms with Gasteiger partial charge in [0.2, 0.25) is 0 Å². The van der Waals surface area contributed by atoms with Gasteiger partial charge in [-0.3, -0.25) is 0 Å². The Kier molecular flexibility index (Phi) is 7.72. The minimum absolute atomic E-state index is 0.557. The van der Waals surface area contributed by atoms with E-state index in [1.54, 1.807) is 0 Å². The van der Waals surface area contributed by atoms with Crippen LogP contribution in [0.25, 0.3) is 0 Å². The van der Waals surface area contributed by atoms with Gasteiger partial charge in [-0.05, 0) is 42.3 Å². The van der Waals surface area contributed by atoms with Crippen molar-refractivity contribution in [2.24, 2.45) is 0 Å². The number of nitrogens with zero attached hydrogens (tertiary/aromatic N) is 3. The summed E-state index contributed by atoms with van der Waals surface area (Å²) < 4.78 is 5.14. The molecular weight excluding hydrogens is 345 g/mol. The molecule has 0 unspecified atom stereocenters. The van der Waals surface area contributed by atoms with Gasteiger partial charge in [-0.25, -0.2) is 0 Å². The van der Waals surface area contributed by atoms with E-state index in [9.17, 15) is 0 Å². The first-order valence-electron chi connectivity index (χ1n) is 6.93. The molecule has 0 heterocycles. The van der Waals surface area contributed by atoms with Gasteiger partial charge in [0.15, 0.2) is 5.75 Å². The maximum atomic E-state index is 6.60. The van der Waals surface area contributed by atoms with Crippen LogP contribution in [-0.2, 0) is 19.6 Å². The van der Waals surface area contributed by atoms with Crippen molar-refractivity contribution in [3.63, 3.8) is 0 Å². The zero-order valence-corrected chi connectivity index (χ0v) is 16.3. The molecule has 0 saturated carbocycles. The van der Waals surface area contributed by atoms with Crippen molar-refractivity contribution in [1.29, 1.82) is 0 Å². The number of benzene rings is 1. The Morgan fingerprint density at radius 1 is 0.682 bits per heavy atom. The smallest absolute Gasteiger partial charge is 0.158 e. The molecule has 0 aromatic heterocycles. The van der Waals surface area contributed by atoms with Crippen LogP contribution in [0.5, 0.6) is 5.75 Å². The van der Waals surface area contributed by atoms with Crippen LogP contribution in [0.3, 0.4) is 0 Å². The summed E-state index contributed by atoms with van der Waals surface area (Å²) in [7, 11) is 11.9. The zero-order chi connectivity index (χ0) is 17.0. The highest BCUT2D eigenvalue weighted by Crippen LogP contribution is 2.42. The topological polar surface area (TPSA) is 19.0 Å². The van der Waals surface area contributed by atoms with Gasteiger partial charge in [0, 0.05) is 36.3 Å². The minimum Gasteiger partial charge on any atom is -0.385 e. The highest BCUT2D eigenvalue weighted by atomic mass is 35.5. The Labute approximate surface area is 148 Å². The lowest BCUT2D eigenvalue weighted by atomic mass is 10.0. The number of hydrogen-bond donors (Lipinski definition) is 0. The molecule has 0 aliphatic rings. The lowest BCUT2D eigenvalue weighted by Gasteiger charge is -2.24. The summed E-state index contributed by atoms with van der Waals surface area (Å²) in [6.07, 6.45) is 0. The van der Waals surface area contributed by atoms with E-state index < -0.39 is 0 Å². The Balaban J connectivity index is 3.58. The Morgan fingerprint density at radius 2 is 1.00 bits per heavy atom. The van der Waals surface area contributed by atoms with Crippen molar-refractivity contribution in [1.82, 2.24) is 14.7 Å². The molecule has 1 aromatic rings. The molecule has 0 fully saturated rings. The van der Waals surface area contributed by atoms with Crippen molar-refractivity contribution < 1.29 is 4.29 Å². The lowest BCUT2D eigenvalue weighted by Crippen LogP contribution is -2.18. The minimum atomic E-state index is 0.557. The molecule has 0 radical (unpaired) electrons. The number of hydrogen-bond acceptors (Lipinski definition) is 4. The fourth-order valence-electron chi connectivity index (χ4n) is 2.31. The molecule has 4 nitrogen and oxygen atoms in total. The van der Waals surface area contributed by atoms with Crippen LogP contribution in [-0.4, -0.2) is 57.0 Å². The monoisotopic (exact) mass is 367 g/mol. The third kappa shape index (κ3) is 4.88. The SMILES string of the molecule is CN(C)Cc1c(Cl)c(CN(C)C)c(OCl)c(CN(C)C)c1Cl. The van der Waals surface area contributed by atoms with Gasteiger partial charge >= 0.3 is 0 Å². The average Bonchev–Trinajstić information content (AvgIpc) is 2.39. The normalized spacial score (nSPS) is 11.8. The van der Waals surface area contributed by atoms with E-state index in [1.165, 1.54) is 0 Å². The van der Waals surface area contributed by atoms with Crippen molar-refractivity contribution >= 4 is 35.1 Å². The van der Waals surface area contributed by atoms with Crippen molar-refractivity contribution in [2.45, 2.75) is 19.6 Å². The summed E-state index contributed by atoms with van der Waals surface area (Å²) in [6, 6.07) is 0. The summed E-state index contributed by atoms with van der Waals surface area (Å²) in [6.45, 7) is 1.90. The van der Waals surface area contributed by atoms with Gasteiger partial charge in [0.25, 0.3) is 0 Å². The van der Waals surface area contributed by atoms with Crippen LogP contribution >= 0.6 is 35.1 Å². The molecule has 0 spiro atoms. The van der Waals surface area contributed by atoms with Gasteiger partial charge in [-0.15, -0.1) is 0 Å². The van der Waals surface area contributed by atoms with Crippen LogP contribution in [0.1, 0.15) is 16.7 Å². The molecule has 0 aliphatic heterocycles. The van der Waals surface area contributed by atoms with Gasteiger partial charge in [0.1, 0.15) is 11.9 Å². The molecule has 0 bridgehead atoms. The molecule has 1 rings (SSSR count). The Hall–Kier alpha value is -0.230. The molecular formula is C15H24Cl3N3O. The molecule has 7 heteroatoms. The standard InChI is InChI=1S/C15H24Cl3N3O/c1-19(2)7-10-13(16)11(8-20(3)4)15(22-18)12(14(10)17)9-21(5)6/h7-9H2,1-6H3. The first-order valence-corrected chi connectivity index (χ1v) is 7.99. The summed E-state index contributed by atoms with van der Waals surface area (Å²) in [4.78, 5) is 6.08. The largest absolute Gasteiger partial charge is 0.385 e. The Bertz CT molecular complexity index is 482. The predicted molar refractivity (Wildman–Crippen MR) is 95.1 cm³/mol. The van der Waals surface area contributed by atoms with Gasteiger partial charge < -0.3 is 19.0 Å². The second-order valence-electron chi connectivity index (χ2n) is 6.18. The van der Waals surface area contributed by atoms with Gasteiger partial charge in [-0.2, -0.15) is 0 Å². The van der Waals surface area contributed by atoms with E-state index in [1.807, 2.05) is 57.0 Å². The molecule has 0 aliphatic carbocycles. The van der Waals surface area contributed by atoms with Crippen LogP contribution in [0.4, 0.5) is 0 Å². The predicted octanol–water partition coefficient (Wildman–Crippen LogP) is 3.71. The summed E-state index contributed by atoms with van der Waals surface area (Å²) in [5.41, 5.74) is 2.62. The molecule has 22 heavy (non-hydrogen) atoms. The van der Waals surface area contributed by atoms with Crippen molar-refractivity contribution in [3.8, 4) is 5.75 Å².